The smallest absolute Gasteiger partial charge is 0.326 e. The molecule has 0 spiro atoms. The molecule has 0 aromatic carbocycles. The standard InChI is InChI=1S/C8H17NO4/c1-3-4-5(10)6(11)8(2,9)7(12)13/h5-6,10-11H,3-4,9H2,1-2H3,(H,12,13)/t5-,6+,8?/m0/s1. The average Bonchev–Trinajstić information content (AvgIpc) is 2.03. The first-order valence-electron chi connectivity index (χ1n) is 4.22. The Morgan fingerprint density at radius 3 is 2.31 bits per heavy atom. The van der Waals surface area contributed by atoms with Crippen LogP contribution in [0.1, 0.15) is 26.7 Å². The quantitative estimate of drug-likeness (QED) is 0.460. The summed E-state index contributed by atoms with van der Waals surface area (Å²) >= 11 is 0. The molecule has 5 nitrogen and oxygen atoms in total. The van der Waals surface area contributed by atoms with Crippen molar-refractivity contribution in [3.05, 3.63) is 0 Å². The van der Waals surface area contributed by atoms with Crippen molar-refractivity contribution in [1.82, 2.24) is 0 Å². The van der Waals surface area contributed by atoms with Gasteiger partial charge >= 0.3 is 5.97 Å². The third-order valence-electron chi connectivity index (χ3n) is 2.02. The molecular formula is C8H17NO4. The van der Waals surface area contributed by atoms with Gasteiger partial charge in [0.1, 0.15) is 11.6 Å². The molecule has 0 saturated heterocycles. The topological polar surface area (TPSA) is 104 Å². The van der Waals surface area contributed by atoms with Crippen molar-refractivity contribution < 1.29 is 20.1 Å². The van der Waals surface area contributed by atoms with E-state index in [2.05, 4.69) is 0 Å². The fourth-order valence-corrected chi connectivity index (χ4v) is 0.980. The molecule has 0 aromatic heterocycles. The minimum Gasteiger partial charge on any atom is -0.480 e. The number of rotatable bonds is 5. The number of aliphatic hydroxyl groups is 2. The van der Waals surface area contributed by atoms with E-state index >= 15 is 0 Å². The van der Waals surface area contributed by atoms with Gasteiger partial charge in [-0.25, -0.2) is 0 Å². The van der Waals surface area contributed by atoms with Crippen LogP contribution in [0.2, 0.25) is 0 Å². The predicted octanol–water partition coefficient (Wildman–Crippen LogP) is -0.690. The van der Waals surface area contributed by atoms with Gasteiger partial charge in [0.25, 0.3) is 0 Å². The van der Waals surface area contributed by atoms with E-state index < -0.39 is 23.7 Å². The van der Waals surface area contributed by atoms with E-state index in [1.165, 1.54) is 6.92 Å². The number of carboxylic acids is 1. The zero-order valence-corrected chi connectivity index (χ0v) is 7.90. The summed E-state index contributed by atoms with van der Waals surface area (Å²) in [6.07, 6.45) is -1.53. The second-order valence-electron chi connectivity index (χ2n) is 3.39. The molecule has 0 aromatic rings. The molecule has 0 radical (unpaired) electrons. The van der Waals surface area contributed by atoms with Gasteiger partial charge in [-0.05, 0) is 13.3 Å². The van der Waals surface area contributed by atoms with Crippen molar-refractivity contribution >= 4 is 5.97 Å². The first kappa shape index (κ1) is 12.3. The van der Waals surface area contributed by atoms with Crippen LogP contribution in [0.5, 0.6) is 0 Å². The lowest BCUT2D eigenvalue weighted by Gasteiger charge is -2.29. The maximum atomic E-state index is 10.6. The molecule has 0 saturated carbocycles. The van der Waals surface area contributed by atoms with Crippen LogP contribution < -0.4 is 5.73 Å². The second-order valence-corrected chi connectivity index (χ2v) is 3.39. The van der Waals surface area contributed by atoms with E-state index in [0.29, 0.717) is 12.8 Å². The van der Waals surface area contributed by atoms with Crippen LogP contribution in [-0.2, 0) is 4.79 Å². The van der Waals surface area contributed by atoms with Crippen LogP contribution in [0.4, 0.5) is 0 Å². The van der Waals surface area contributed by atoms with Gasteiger partial charge in [0.15, 0.2) is 0 Å². The minimum atomic E-state index is -1.80. The molecule has 1 unspecified atom stereocenters. The van der Waals surface area contributed by atoms with Crippen molar-refractivity contribution in [2.45, 2.75) is 44.4 Å². The van der Waals surface area contributed by atoms with Crippen LogP contribution in [0.25, 0.3) is 0 Å². The molecule has 5 N–H and O–H groups in total. The summed E-state index contributed by atoms with van der Waals surface area (Å²) in [5, 5.41) is 27.3. The summed E-state index contributed by atoms with van der Waals surface area (Å²) in [6, 6.07) is 0. The molecule has 0 fully saturated rings. The van der Waals surface area contributed by atoms with Crippen LogP contribution in [-0.4, -0.2) is 39.0 Å². The van der Waals surface area contributed by atoms with Gasteiger partial charge in [-0.2, -0.15) is 0 Å². The lowest BCUT2D eigenvalue weighted by Crippen LogP contribution is -2.59. The van der Waals surface area contributed by atoms with Crippen molar-refractivity contribution in [2.24, 2.45) is 5.73 Å². The third kappa shape index (κ3) is 2.95. The number of carboxylic acid groups (broad SMARTS) is 1. The van der Waals surface area contributed by atoms with Gasteiger partial charge in [-0.3, -0.25) is 4.79 Å². The molecule has 5 heteroatoms. The third-order valence-corrected chi connectivity index (χ3v) is 2.02. The summed E-state index contributed by atoms with van der Waals surface area (Å²) < 4.78 is 0. The second kappa shape index (κ2) is 4.55. The number of hydrogen-bond acceptors (Lipinski definition) is 4. The number of hydrogen-bond donors (Lipinski definition) is 4. The van der Waals surface area contributed by atoms with Gasteiger partial charge in [-0.1, -0.05) is 13.3 Å². The molecule has 0 aliphatic rings. The van der Waals surface area contributed by atoms with Crippen LogP contribution in [0.15, 0.2) is 0 Å². The Balaban J connectivity index is 4.39. The Kier molecular flexibility index (Phi) is 4.32. The Morgan fingerprint density at radius 2 is 2.00 bits per heavy atom. The summed E-state index contributed by atoms with van der Waals surface area (Å²) in [7, 11) is 0. The van der Waals surface area contributed by atoms with Crippen LogP contribution >= 0.6 is 0 Å². The number of nitrogens with two attached hydrogens (primary N) is 1. The van der Waals surface area contributed by atoms with E-state index in [1.54, 1.807) is 0 Å². The van der Waals surface area contributed by atoms with Crippen molar-refractivity contribution in [3.63, 3.8) is 0 Å². The number of aliphatic carboxylic acids is 1. The lowest BCUT2D eigenvalue weighted by atomic mass is 9.90. The monoisotopic (exact) mass is 191 g/mol. The molecule has 3 atom stereocenters. The number of carbonyl (C=O) groups is 1. The van der Waals surface area contributed by atoms with E-state index in [4.69, 9.17) is 10.8 Å². The normalized spacial score (nSPS) is 20.4. The van der Waals surface area contributed by atoms with Gasteiger partial charge in [0.2, 0.25) is 0 Å². The van der Waals surface area contributed by atoms with Crippen molar-refractivity contribution in [1.29, 1.82) is 0 Å². The van der Waals surface area contributed by atoms with Gasteiger partial charge in [0, 0.05) is 0 Å². The molecule has 13 heavy (non-hydrogen) atoms. The molecule has 0 aliphatic heterocycles. The fourth-order valence-electron chi connectivity index (χ4n) is 0.980. The highest BCUT2D eigenvalue weighted by Crippen LogP contribution is 2.14. The Labute approximate surface area is 77.2 Å². The predicted molar refractivity (Wildman–Crippen MR) is 47.1 cm³/mol. The molecule has 0 amide bonds. The molecule has 0 heterocycles. The van der Waals surface area contributed by atoms with E-state index in [-0.39, 0.29) is 0 Å². The van der Waals surface area contributed by atoms with Gasteiger partial charge in [0.05, 0.1) is 6.10 Å². The Morgan fingerprint density at radius 1 is 1.54 bits per heavy atom. The molecule has 0 rings (SSSR count). The molecular weight excluding hydrogens is 174 g/mol. The van der Waals surface area contributed by atoms with E-state index in [0.717, 1.165) is 0 Å². The first-order chi connectivity index (χ1) is 5.84. The zero-order chi connectivity index (χ0) is 10.6. The zero-order valence-electron chi connectivity index (χ0n) is 7.90. The molecule has 0 aliphatic carbocycles. The summed E-state index contributed by atoms with van der Waals surface area (Å²) in [5.41, 5.74) is 3.53. The summed E-state index contributed by atoms with van der Waals surface area (Å²) in [6.45, 7) is 3.00. The maximum absolute atomic E-state index is 10.6. The average molecular weight is 191 g/mol. The van der Waals surface area contributed by atoms with E-state index in [1.807, 2.05) is 6.92 Å². The van der Waals surface area contributed by atoms with Crippen LogP contribution in [0.3, 0.4) is 0 Å². The van der Waals surface area contributed by atoms with Crippen molar-refractivity contribution in [2.75, 3.05) is 0 Å². The minimum absolute atomic E-state index is 0.335. The highest BCUT2D eigenvalue weighted by atomic mass is 16.4. The highest BCUT2D eigenvalue weighted by molar-refractivity contribution is 5.78. The van der Waals surface area contributed by atoms with Gasteiger partial charge < -0.3 is 21.1 Å². The SMILES string of the molecule is CCC[C@H](O)[C@@H](O)C(C)(N)C(=O)O. The highest BCUT2D eigenvalue weighted by Gasteiger charge is 2.40. The molecule has 78 valence electrons. The summed E-state index contributed by atoms with van der Waals surface area (Å²) in [4.78, 5) is 10.6. The fraction of sp³-hybridized carbons (Fsp3) is 0.875. The van der Waals surface area contributed by atoms with E-state index in [9.17, 15) is 15.0 Å². The van der Waals surface area contributed by atoms with Gasteiger partial charge in [-0.15, -0.1) is 0 Å². The number of aliphatic hydroxyl groups excluding tert-OH is 2. The molecule has 0 bridgehead atoms. The first-order valence-corrected chi connectivity index (χ1v) is 4.22. The van der Waals surface area contributed by atoms with Crippen molar-refractivity contribution in [3.8, 4) is 0 Å². The largest absolute Gasteiger partial charge is 0.480 e. The van der Waals surface area contributed by atoms with Crippen LogP contribution in [0, 0.1) is 0 Å². The Hall–Kier alpha value is -0.650. The lowest BCUT2D eigenvalue weighted by molar-refractivity contribution is -0.151. The summed E-state index contributed by atoms with van der Waals surface area (Å²) in [5.74, 6) is -1.32. The Bertz CT molecular complexity index is 181. The maximum Gasteiger partial charge on any atom is 0.326 e.